The summed E-state index contributed by atoms with van der Waals surface area (Å²) in [6.07, 6.45) is 6.31. The van der Waals surface area contributed by atoms with Crippen molar-refractivity contribution in [1.29, 1.82) is 0 Å². The molecule has 1 amide bonds. The summed E-state index contributed by atoms with van der Waals surface area (Å²) < 4.78 is 6.90. The molecular formula is C22H25N3O3. The lowest BCUT2D eigenvalue weighted by molar-refractivity contribution is 0.0518. The van der Waals surface area contributed by atoms with Crippen LogP contribution in [-0.4, -0.2) is 45.2 Å². The van der Waals surface area contributed by atoms with Crippen LogP contribution in [0, 0.1) is 0 Å². The molecule has 6 heteroatoms. The summed E-state index contributed by atoms with van der Waals surface area (Å²) in [5, 5.41) is 4.47. The van der Waals surface area contributed by atoms with Crippen molar-refractivity contribution < 1.29 is 14.3 Å². The number of ether oxygens (including phenoxy) is 1. The molecule has 2 unspecified atom stereocenters. The Morgan fingerprint density at radius 1 is 1.11 bits per heavy atom. The number of aromatic nitrogens is 2. The molecule has 2 aromatic rings. The summed E-state index contributed by atoms with van der Waals surface area (Å²) in [4.78, 5) is 26.8. The monoisotopic (exact) mass is 379 g/mol. The van der Waals surface area contributed by atoms with E-state index in [1.807, 2.05) is 49.1 Å². The van der Waals surface area contributed by atoms with E-state index in [2.05, 4.69) is 17.3 Å². The molecule has 2 heterocycles. The fourth-order valence-electron chi connectivity index (χ4n) is 3.72. The Balaban J connectivity index is 1.60. The van der Waals surface area contributed by atoms with Gasteiger partial charge in [-0.1, -0.05) is 12.2 Å². The van der Waals surface area contributed by atoms with Gasteiger partial charge in [-0.15, -0.1) is 0 Å². The van der Waals surface area contributed by atoms with Gasteiger partial charge in [-0.3, -0.25) is 4.79 Å². The molecule has 1 saturated carbocycles. The Morgan fingerprint density at radius 2 is 1.75 bits per heavy atom. The quantitative estimate of drug-likeness (QED) is 0.587. The largest absolute Gasteiger partial charge is 0.461 e. The van der Waals surface area contributed by atoms with Crippen LogP contribution in [0.1, 0.15) is 66.1 Å². The molecule has 2 aliphatic rings. The number of carbonyl (C=O) groups excluding carboxylic acids is 2. The predicted molar refractivity (Wildman–Crippen MR) is 106 cm³/mol. The van der Waals surface area contributed by atoms with Crippen molar-refractivity contribution in [2.45, 2.75) is 51.6 Å². The number of benzene rings is 1. The molecule has 0 spiro atoms. The maximum atomic E-state index is 12.9. The van der Waals surface area contributed by atoms with Gasteiger partial charge in [0.15, 0.2) is 5.69 Å². The van der Waals surface area contributed by atoms with E-state index in [1.165, 1.54) is 0 Å². The second-order valence-electron chi connectivity index (χ2n) is 7.49. The first kappa shape index (κ1) is 18.5. The summed E-state index contributed by atoms with van der Waals surface area (Å²) in [7, 11) is 0. The number of esters is 1. The third-order valence-electron chi connectivity index (χ3n) is 5.36. The highest BCUT2D eigenvalue weighted by Crippen LogP contribution is 2.41. The van der Waals surface area contributed by atoms with Gasteiger partial charge in [0.05, 0.1) is 12.3 Å². The molecule has 28 heavy (non-hydrogen) atoms. The molecule has 1 aromatic carbocycles. The van der Waals surface area contributed by atoms with Gasteiger partial charge in [-0.05, 0) is 63.9 Å². The SMILES string of the molecule is CCOC(=O)c1cc(C2CC2)n(-c2ccc(C(=O)N3C(C)C=CC3C)cc2)n1. The topological polar surface area (TPSA) is 64.4 Å². The normalized spacial score (nSPS) is 21.2. The van der Waals surface area contributed by atoms with Crippen LogP contribution in [0.3, 0.4) is 0 Å². The van der Waals surface area contributed by atoms with Gasteiger partial charge >= 0.3 is 5.97 Å². The van der Waals surface area contributed by atoms with Crippen molar-refractivity contribution in [3.63, 3.8) is 0 Å². The molecule has 146 valence electrons. The van der Waals surface area contributed by atoms with Crippen molar-refractivity contribution in [3.05, 3.63) is 59.4 Å². The molecule has 1 aliphatic carbocycles. The second kappa shape index (κ2) is 7.26. The van der Waals surface area contributed by atoms with Crippen molar-refractivity contribution >= 4 is 11.9 Å². The van der Waals surface area contributed by atoms with Crippen molar-refractivity contribution in [3.8, 4) is 5.69 Å². The van der Waals surface area contributed by atoms with E-state index in [-0.39, 0.29) is 18.0 Å². The van der Waals surface area contributed by atoms with Gasteiger partial charge in [0.2, 0.25) is 0 Å². The lowest BCUT2D eigenvalue weighted by Gasteiger charge is -2.26. The Bertz CT molecular complexity index is 913. The summed E-state index contributed by atoms with van der Waals surface area (Å²) in [6, 6.07) is 9.47. The number of carbonyl (C=O) groups is 2. The maximum Gasteiger partial charge on any atom is 0.358 e. The Labute approximate surface area is 164 Å². The highest BCUT2D eigenvalue weighted by atomic mass is 16.5. The number of nitrogens with zero attached hydrogens (tertiary/aromatic N) is 3. The lowest BCUT2D eigenvalue weighted by Crippen LogP contribution is -2.39. The van der Waals surface area contributed by atoms with Crippen molar-refractivity contribution in [1.82, 2.24) is 14.7 Å². The fourth-order valence-corrected chi connectivity index (χ4v) is 3.72. The molecule has 1 aliphatic heterocycles. The van der Waals surface area contributed by atoms with Crippen LogP contribution in [0.25, 0.3) is 5.69 Å². The van der Waals surface area contributed by atoms with Crippen LogP contribution in [0.15, 0.2) is 42.5 Å². The van der Waals surface area contributed by atoms with Crippen molar-refractivity contribution in [2.24, 2.45) is 0 Å². The molecule has 1 aromatic heterocycles. The Morgan fingerprint density at radius 3 is 2.32 bits per heavy atom. The first-order valence-electron chi connectivity index (χ1n) is 9.88. The molecule has 0 saturated heterocycles. The van der Waals surface area contributed by atoms with E-state index >= 15 is 0 Å². The lowest BCUT2D eigenvalue weighted by atomic mass is 10.1. The molecule has 2 atom stereocenters. The molecular weight excluding hydrogens is 354 g/mol. The van der Waals surface area contributed by atoms with Gasteiger partial charge in [0, 0.05) is 29.3 Å². The predicted octanol–water partition coefficient (Wildman–Crippen LogP) is 3.72. The van der Waals surface area contributed by atoms with Crippen LogP contribution in [0.4, 0.5) is 0 Å². The van der Waals surface area contributed by atoms with E-state index < -0.39 is 5.97 Å². The zero-order valence-corrected chi connectivity index (χ0v) is 16.5. The first-order chi connectivity index (χ1) is 13.5. The number of rotatable bonds is 5. The minimum atomic E-state index is -0.403. The zero-order chi connectivity index (χ0) is 19.8. The number of hydrogen-bond donors (Lipinski definition) is 0. The van der Waals surface area contributed by atoms with E-state index in [4.69, 9.17) is 4.74 Å². The van der Waals surface area contributed by atoms with Crippen LogP contribution in [-0.2, 0) is 4.74 Å². The van der Waals surface area contributed by atoms with Crippen LogP contribution >= 0.6 is 0 Å². The van der Waals surface area contributed by atoms with Crippen LogP contribution in [0.2, 0.25) is 0 Å². The summed E-state index contributed by atoms with van der Waals surface area (Å²) in [5.74, 6) is 0.0421. The van der Waals surface area contributed by atoms with E-state index in [1.54, 1.807) is 11.6 Å². The molecule has 0 radical (unpaired) electrons. The zero-order valence-electron chi connectivity index (χ0n) is 16.5. The van der Waals surface area contributed by atoms with Gasteiger partial charge in [-0.25, -0.2) is 9.48 Å². The summed E-state index contributed by atoms with van der Waals surface area (Å²) in [6.45, 7) is 6.15. The molecule has 6 nitrogen and oxygen atoms in total. The first-order valence-corrected chi connectivity index (χ1v) is 9.88. The molecule has 1 fully saturated rings. The summed E-state index contributed by atoms with van der Waals surface area (Å²) >= 11 is 0. The Hall–Kier alpha value is -2.89. The van der Waals surface area contributed by atoms with Gasteiger partial charge in [0.1, 0.15) is 0 Å². The Kier molecular flexibility index (Phi) is 4.79. The fraction of sp³-hybridized carbons (Fsp3) is 0.409. The maximum absolute atomic E-state index is 12.9. The average Bonchev–Trinajstić information content (AvgIpc) is 3.35. The van der Waals surface area contributed by atoms with E-state index in [9.17, 15) is 9.59 Å². The number of hydrogen-bond acceptors (Lipinski definition) is 4. The molecule has 4 rings (SSSR count). The van der Waals surface area contributed by atoms with Gasteiger partial charge in [0.25, 0.3) is 5.91 Å². The minimum Gasteiger partial charge on any atom is -0.461 e. The average molecular weight is 379 g/mol. The smallest absolute Gasteiger partial charge is 0.358 e. The minimum absolute atomic E-state index is 0.0200. The van der Waals surface area contributed by atoms with E-state index in [0.29, 0.717) is 23.8 Å². The third kappa shape index (κ3) is 3.35. The van der Waals surface area contributed by atoms with E-state index in [0.717, 1.165) is 24.2 Å². The van der Waals surface area contributed by atoms with Crippen LogP contribution in [0.5, 0.6) is 0 Å². The van der Waals surface area contributed by atoms with Crippen molar-refractivity contribution in [2.75, 3.05) is 6.61 Å². The van der Waals surface area contributed by atoms with Gasteiger partial charge in [-0.2, -0.15) is 5.10 Å². The van der Waals surface area contributed by atoms with Crippen LogP contribution < -0.4 is 0 Å². The molecule has 0 N–H and O–H groups in total. The summed E-state index contributed by atoms with van der Waals surface area (Å²) in [5.41, 5.74) is 2.84. The third-order valence-corrected chi connectivity index (χ3v) is 5.36. The highest BCUT2D eigenvalue weighted by Gasteiger charge is 2.31. The molecule has 0 bridgehead atoms. The standard InChI is InChI=1S/C22H25N3O3/c1-4-28-22(27)19-13-20(16-7-8-16)25(23-19)18-11-9-17(10-12-18)21(26)24-14(2)5-6-15(24)3/h5-6,9-16H,4,7-8H2,1-3H3. The number of amides is 1. The highest BCUT2D eigenvalue weighted by molar-refractivity contribution is 5.95. The second-order valence-corrected chi connectivity index (χ2v) is 7.49. The van der Waals surface area contributed by atoms with Gasteiger partial charge < -0.3 is 9.64 Å².